The maximum Gasteiger partial charge on any atom is 0.328 e. The molecule has 1 aliphatic rings. The maximum absolute atomic E-state index is 11.8. The summed E-state index contributed by atoms with van der Waals surface area (Å²) in [6.45, 7) is 5.09. The van der Waals surface area contributed by atoms with Crippen molar-refractivity contribution in [3.63, 3.8) is 0 Å². The van der Waals surface area contributed by atoms with Crippen molar-refractivity contribution in [3.8, 4) is 0 Å². The molecule has 0 aliphatic carbocycles. The number of carbonyl (C=O) groups excluding carboxylic acids is 2. The highest BCUT2D eigenvalue weighted by molar-refractivity contribution is 5.85. The van der Waals surface area contributed by atoms with E-state index in [1.807, 2.05) is 18.7 Å². The number of nitrogens with zero attached hydrogens (tertiary/aromatic N) is 1. The van der Waals surface area contributed by atoms with Gasteiger partial charge < -0.3 is 15.2 Å². The SMILES string of the molecule is CCC(C)C(NC(=O)CN1CC(O)C1)C(=O)OC. The van der Waals surface area contributed by atoms with Crippen molar-refractivity contribution in [1.82, 2.24) is 10.2 Å². The van der Waals surface area contributed by atoms with E-state index >= 15 is 0 Å². The molecule has 0 bridgehead atoms. The Balaban J connectivity index is 2.44. The van der Waals surface area contributed by atoms with Gasteiger partial charge in [-0.15, -0.1) is 0 Å². The Morgan fingerprint density at radius 3 is 2.56 bits per heavy atom. The van der Waals surface area contributed by atoms with Gasteiger partial charge in [-0.05, 0) is 5.92 Å². The Labute approximate surface area is 107 Å². The Bertz CT molecular complexity index is 302. The molecule has 1 aliphatic heterocycles. The summed E-state index contributed by atoms with van der Waals surface area (Å²) in [6.07, 6.45) is 0.450. The average Bonchev–Trinajstić information content (AvgIpc) is 2.32. The molecule has 0 aromatic heterocycles. The topological polar surface area (TPSA) is 78.9 Å². The Hall–Kier alpha value is -1.14. The van der Waals surface area contributed by atoms with E-state index < -0.39 is 12.0 Å². The molecule has 0 aromatic carbocycles. The summed E-state index contributed by atoms with van der Waals surface area (Å²) in [4.78, 5) is 25.2. The van der Waals surface area contributed by atoms with E-state index in [2.05, 4.69) is 5.32 Å². The van der Waals surface area contributed by atoms with Gasteiger partial charge in [0.1, 0.15) is 6.04 Å². The number of β-amino-alcohol motifs (C(OH)–C–C–N with tert-alkyl or cyclic N) is 1. The Morgan fingerprint density at radius 1 is 1.50 bits per heavy atom. The number of ether oxygens (including phenoxy) is 1. The first-order valence-electron chi connectivity index (χ1n) is 6.25. The number of methoxy groups -OCH3 is 1. The van der Waals surface area contributed by atoms with Gasteiger partial charge in [-0.2, -0.15) is 0 Å². The zero-order valence-corrected chi connectivity index (χ0v) is 11.2. The molecule has 1 fully saturated rings. The van der Waals surface area contributed by atoms with E-state index in [4.69, 9.17) is 9.84 Å². The minimum absolute atomic E-state index is 0.0309. The zero-order chi connectivity index (χ0) is 13.7. The van der Waals surface area contributed by atoms with E-state index in [1.54, 1.807) is 0 Å². The van der Waals surface area contributed by atoms with Gasteiger partial charge in [0.2, 0.25) is 5.91 Å². The molecule has 6 heteroatoms. The number of aliphatic hydroxyl groups is 1. The fraction of sp³-hybridized carbons (Fsp3) is 0.833. The first-order valence-corrected chi connectivity index (χ1v) is 6.25. The quantitative estimate of drug-likeness (QED) is 0.620. The molecule has 6 nitrogen and oxygen atoms in total. The van der Waals surface area contributed by atoms with Gasteiger partial charge >= 0.3 is 5.97 Å². The standard InChI is InChI=1S/C12H22N2O4/c1-4-8(2)11(12(17)18-3)13-10(16)7-14-5-9(15)6-14/h8-9,11,15H,4-7H2,1-3H3,(H,13,16). The minimum Gasteiger partial charge on any atom is -0.467 e. The lowest BCUT2D eigenvalue weighted by Crippen LogP contribution is -2.56. The van der Waals surface area contributed by atoms with Crippen LogP contribution in [0.15, 0.2) is 0 Å². The fourth-order valence-electron chi connectivity index (χ4n) is 1.89. The molecule has 18 heavy (non-hydrogen) atoms. The highest BCUT2D eigenvalue weighted by Gasteiger charge is 2.30. The van der Waals surface area contributed by atoms with E-state index in [0.717, 1.165) is 6.42 Å². The summed E-state index contributed by atoms with van der Waals surface area (Å²) < 4.78 is 4.69. The van der Waals surface area contributed by atoms with E-state index in [0.29, 0.717) is 13.1 Å². The molecule has 0 radical (unpaired) electrons. The molecule has 2 atom stereocenters. The van der Waals surface area contributed by atoms with Crippen LogP contribution in [0.1, 0.15) is 20.3 Å². The van der Waals surface area contributed by atoms with E-state index in [-0.39, 0.29) is 24.5 Å². The van der Waals surface area contributed by atoms with Crippen molar-refractivity contribution < 1.29 is 19.4 Å². The minimum atomic E-state index is -0.598. The van der Waals surface area contributed by atoms with Gasteiger partial charge in [0.05, 0.1) is 19.8 Å². The lowest BCUT2D eigenvalue weighted by atomic mass is 9.99. The van der Waals surface area contributed by atoms with Crippen molar-refractivity contribution in [2.75, 3.05) is 26.7 Å². The molecule has 1 rings (SSSR count). The lowest BCUT2D eigenvalue weighted by Gasteiger charge is -2.35. The smallest absolute Gasteiger partial charge is 0.328 e. The molecule has 2 N–H and O–H groups in total. The summed E-state index contributed by atoms with van der Waals surface area (Å²) in [6, 6.07) is -0.598. The molecule has 104 valence electrons. The van der Waals surface area contributed by atoms with Crippen LogP contribution < -0.4 is 5.32 Å². The summed E-state index contributed by atoms with van der Waals surface area (Å²) >= 11 is 0. The summed E-state index contributed by atoms with van der Waals surface area (Å²) in [5, 5.41) is 11.8. The highest BCUT2D eigenvalue weighted by Crippen LogP contribution is 2.10. The molecule has 1 saturated heterocycles. The largest absolute Gasteiger partial charge is 0.467 e. The fourth-order valence-corrected chi connectivity index (χ4v) is 1.89. The molecule has 2 unspecified atom stereocenters. The van der Waals surface area contributed by atoms with Gasteiger partial charge in [-0.1, -0.05) is 20.3 Å². The first-order chi connectivity index (χ1) is 8.47. The van der Waals surface area contributed by atoms with Crippen LogP contribution in [-0.4, -0.2) is 60.8 Å². The number of likely N-dealkylation sites (tertiary alicyclic amines) is 1. The Morgan fingerprint density at radius 2 is 2.11 bits per heavy atom. The third-order valence-corrected chi connectivity index (χ3v) is 3.29. The predicted molar refractivity (Wildman–Crippen MR) is 65.8 cm³/mol. The van der Waals surface area contributed by atoms with Crippen molar-refractivity contribution in [3.05, 3.63) is 0 Å². The second kappa shape index (κ2) is 6.70. The van der Waals surface area contributed by atoms with Crippen LogP contribution >= 0.6 is 0 Å². The normalized spacial score (nSPS) is 19.8. The van der Waals surface area contributed by atoms with Gasteiger partial charge in [0, 0.05) is 13.1 Å². The maximum atomic E-state index is 11.8. The van der Waals surface area contributed by atoms with Crippen LogP contribution in [-0.2, 0) is 14.3 Å². The van der Waals surface area contributed by atoms with Crippen LogP contribution in [0.3, 0.4) is 0 Å². The number of aliphatic hydroxyl groups excluding tert-OH is 1. The molecule has 0 aromatic rings. The second-order valence-electron chi connectivity index (χ2n) is 4.80. The van der Waals surface area contributed by atoms with E-state index in [9.17, 15) is 9.59 Å². The van der Waals surface area contributed by atoms with Crippen molar-refractivity contribution in [2.24, 2.45) is 5.92 Å². The molecule has 1 heterocycles. The third-order valence-electron chi connectivity index (χ3n) is 3.29. The second-order valence-corrected chi connectivity index (χ2v) is 4.80. The van der Waals surface area contributed by atoms with E-state index in [1.165, 1.54) is 7.11 Å². The number of hydrogen-bond donors (Lipinski definition) is 2. The van der Waals surface area contributed by atoms with Gasteiger partial charge in [0.15, 0.2) is 0 Å². The van der Waals surface area contributed by atoms with Crippen LogP contribution in [0.4, 0.5) is 0 Å². The molecule has 0 saturated carbocycles. The summed E-state index contributed by atoms with van der Waals surface area (Å²) in [5.74, 6) is -0.595. The Kier molecular flexibility index (Phi) is 5.55. The van der Waals surface area contributed by atoms with Crippen molar-refractivity contribution in [1.29, 1.82) is 0 Å². The molecule has 0 spiro atoms. The highest BCUT2D eigenvalue weighted by atomic mass is 16.5. The van der Waals surface area contributed by atoms with Gasteiger partial charge in [-0.25, -0.2) is 4.79 Å². The van der Waals surface area contributed by atoms with Crippen molar-refractivity contribution >= 4 is 11.9 Å². The molecular formula is C12H22N2O4. The molecule has 1 amide bonds. The van der Waals surface area contributed by atoms with Crippen LogP contribution in [0.5, 0.6) is 0 Å². The van der Waals surface area contributed by atoms with Crippen LogP contribution in [0.25, 0.3) is 0 Å². The van der Waals surface area contributed by atoms with Gasteiger partial charge in [-0.3, -0.25) is 9.69 Å². The lowest BCUT2D eigenvalue weighted by molar-refractivity contribution is -0.147. The number of hydrogen-bond acceptors (Lipinski definition) is 5. The number of carbonyl (C=O) groups is 2. The van der Waals surface area contributed by atoms with Gasteiger partial charge in [0.25, 0.3) is 0 Å². The first kappa shape index (κ1) is 14.9. The number of rotatable bonds is 6. The molecular weight excluding hydrogens is 236 g/mol. The number of amides is 1. The number of esters is 1. The van der Waals surface area contributed by atoms with Crippen LogP contribution in [0.2, 0.25) is 0 Å². The average molecular weight is 258 g/mol. The number of nitrogens with one attached hydrogen (secondary N) is 1. The third kappa shape index (κ3) is 3.96. The zero-order valence-electron chi connectivity index (χ0n) is 11.2. The predicted octanol–water partition coefficient (Wildman–Crippen LogP) is -0.633. The van der Waals surface area contributed by atoms with Crippen LogP contribution in [0, 0.1) is 5.92 Å². The monoisotopic (exact) mass is 258 g/mol. The van der Waals surface area contributed by atoms with Crippen molar-refractivity contribution in [2.45, 2.75) is 32.4 Å². The summed E-state index contributed by atoms with van der Waals surface area (Å²) in [7, 11) is 1.32. The summed E-state index contributed by atoms with van der Waals surface area (Å²) in [5.41, 5.74) is 0.